The zero-order chi connectivity index (χ0) is 24.1. The van der Waals surface area contributed by atoms with E-state index in [9.17, 15) is 14.7 Å². The SMILES string of the molecule is Cc1ccc(OCc2ccc(-c3ccoc3C(=O)NNC(=O)c3ccc(O)c(C)c3)cn2)cc1. The summed E-state index contributed by atoms with van der Waals surface area (Å²) in [4.78, 5) is 29.3. The summed E-state index contributed by atoms with van der Waals surface area (Å²) in [5.41, 5.74) is 8.64. The number of nitrogens with zero attached hydrogens (tertiary/aromatic N) is 1. The molecule has 0 aliphatic carbocycles. The maximum absolute atomic E-state index is 12.6. The first-order valence-corrected chi connectivity index (χ1v) is 10.5. The molecule has 0 saturated heterocycles. The fourth-order valence-electron chi connectivity index (χ4n) is 3.21. The number of carbonyl (C=O) groups is 2. The Bertz CT molecular complexity index is 1310. The fourth-order valence-corrected chi connectivity index (χ4v) is 3.21. The monoisotopic (exact) mass is 457 g/mol. The van der Waals surface area contributed by atoms with Crippen LogP contribution in [0.4, 0.5) is 0 Å². The van der Waals surface area contributed by atoms with Crippen LogP contribution >= 0.6 is 0 Å². The topological polar surface area (TPSA) is 114 Å². The summed E-state index contributed by atoms with van der Waals surface area (Å²) >= 11 is 0. The van der Waals surface area contributed by atoms with Crippen LogP contribution in [0.3, 0.4) is 0 Å². The van der Waals surface area contributed by atoms with Crippen LogP contribution in [0, 0.1) is 13.8 Å². The fraction of sp³-hybridized carbons (Fsp3) is 0.115. The van der Waals surface area contributed by atoms with Crippen LogP contribution in [0.2, 0.25) is 0 Å². The van der Waals surface area contributed by atoms with Crippen molar-refractivity contribution in [3.63, 3.8) is 0 Å². The maximum atomic E-state index is 12.6. The van der Waals surface area contributed by atoms with Gasteiger partial charge in [0, 0.05) is 22.9 Å². The predicted molar refractivity (Wildman–Crippen MR) is 125 cm³/mol. The number of hydrazine groups is 1. The minimum atomic E-state index is -0.615. The second-order valence-electron chi connectivity index (χ2n) is 7.71. The number of phenolic OH excluding ortho intramolecular Hbond substituents is 1. The molecule has 0 fully saturated rings. The Kier molecular flexibility index (Phi) is 6.59. The van der Waals surface area contributed by atoms with E-state index in [1.165, 1.54) is 24.5 Å². The number of aryl methyl sites for hydroxylation is 2. The second kappa shape index (κ2) is 9.91. The van der Waals surface area contributed by atoms with E-state index in [2.05, 4.69) is 15.8 Å². The molecule has 2 amide bonds. The summed E-state index contributed by atoms with van der Waals surface area (Å²) in [5, 5.41) is 9.59. The number of nitrogens with one attached hydrogen (secondary N) is 2. The van der Waals surface area contributed by atoms with Gasteiger partial charge in [-0.25, -0.2) is 0 Å². The highest BCUT2D eigenvalue weighted by Crippen LogP contribution is 2.25. The van der Waals surface area contributed by atoms with Gasteiger partial charge < -0.3 is 14.3 Å². The number of aromatic hydroxyl groups is 1. The highest BCUT2D eigenvalue weighted by atomic mass is 16.5. The van der Waals surface area contributed by atoms with Crippen LogP contribution in [-0.2, 0) is 6.61 Å². The first kappa shape index (κ1) is 22.6. The van der Waals surface area contributed by atoms with E-state index >= 15 is 0 Å². The number of carbonyl (C=O) groups excluding carboxylic acids is 2. The molecule has 3 N–H and O–H groups in total. The number of amides is 2. The third-order valence-corrected chi connectivity index (χ3v) is 5.16. The number of ether oxygens (including phenoxy) is 1. The summed E-state index contributed by atoms with van der Waals surface area (Å²) in [6, 6.07) is 17.4. The van der Waals surface area contributed by atoms with Crippen LogP contribution in [0.5, 0.6) is 11.5 Å². The first-order valence-electron chi connectivity index (χ1n) is 10.5. The van der Waals surface area contributed by atoms with Gasteiger partial charge in [-0.05, 0) is 61.9 Å². The molecule has 0 spiro atoms. The summed E-state index contributed by atoms with van der Waals surface area (Å²) in [6.07, 6.45) is 3.02. The van der Waals surface area contributed by atoms with E-state index in [0.29, 0.717) is 28.9 Å². The lowest BCUT2D eigenvalue weighted by molar-refractivity contribution is 0.0831. The molecule has 0 atom stereocenters. The lowest BCUT2D eigenvalue weighted by Crippen LogP contribution is -2.41. The van der Waals surface area contributed by atoms with Crippen molar-refractivity contribution in [3.8, 4) is 22.6 Å². The highest BCUT2D eigenvalue weighted by molar-refractivity contribution is 6.01. The third kappa shape index (κ3) is 5.24. The van der Waals surface area contributed by atoms with Crippen molar-refractivity contribution in [1.29, 1.82) is 0 Å². The normalized spacial score (nSPS) is 10.5. The molecule has 8 nitrogen and oxygen atoms in total. The van der Waals surface area contributed by atoms with Gasteiger partial charge in [-0.3, -0.25) is 25.4 Å². The number of benzene rings is 2. The minimum absolute atomic E-state index is 0.0349. The number of hydrogen-bond acceptors (Lipinski definition) is 6. The Morgan fingerprint density at radius 3 is 2.44 bits per heavy atom. The molecule has 0 unspecified atom stereocenters. The molecule has 0 bridgehead atoms. The zero-order valence-electron chi connectivity index (χ0n) is 18.7. The Morgan fingerprint density at radius 2 is 1.74 bits per heavy atom. The Labute approximate surface area is 196 Å². The largest absolute Gasteiger partial charge is 0.508 e. The standard InChI is InChI=1S/C26H23N3O5/c1-16-3-8-21(9-4-16)34-15-20-7-5-19(14-27-20)22-11-12-33-24(22)26(32)29-28-25(31)18-6-10-23(30)17(2)13-18/h3-14,30H,15H2,1-2H3,(H,28,31)(H,29,32). The Balaban J connectivity index is 1.38. The number of rotatable bonds is 6. The predicted octanol–water partition coefficient (Wildman–Crippen LogP) is 4.32. The smallest absolute Gasteiger partial charge is 0.306 e. The van der Waals surface area contributed by atoms with Crippen LogP contribution in [0.15, 0.2) is 77.5 Å². The molecule has 4 rings (SSSR count). The minimum Gasteiger partial charge on any atom is -0.508 e. The van der Waals surface area contributed by atoms with E-state index in [1.807, 2.05) is 43.3 Å². The van der Waals surface area contributed by atoms with Crippen molar-refractivity contribution in [1.82, 2.24) is 15.8 Å². The summed E-state index contributed by atoms with van der Waals surface area (Å²) in [7, 11) is 0. The average molecular weight is 457 g/mol. The van der Waals surface area contributed by atoms with E-state index in [-0.39, 0.29) is 11.5 Å². The highest BCUT2D eigenvalue weighted by Gasteiger charge is 2.18. The number of pyridine rings is 1. The van der Waals surface area contributed by atoms with Crippen molar-refractivity contribution in [2.75, 3.05) is 0 Å². The van der Waals surface area contributed by atoms with Gasteiger partial charge in [0.25, 0.3) is 5.91 Å². The van der Waals surface area contributed by atoms with Gasteiger partial charge in [0.15, 0.2) is 0 Å². The second-order valence-corrected chi connectivity index (χ2v) is 7.71. The number of phenols is 1. The van der Waals surface area contributed by atoms with Crippen LogP contribution in [0.25, 0.3) is 11.1 Å². The van der Waals surface area contributed by atoms with Crippen LogP contribution < -0.4 is 15.6 Å². The van der Waals surface area contributed by atoms with Crippen LogP contribution in [0.1, 0.15) is 37.7 Å². The quantitative estimate of drug-likeness (QED) is 0.372. The molecule has 2 aromatic carbocycles. The molecule has 2 heterocycles. The Hall–Kier alpha value is -4.59. The maximum Gasteiger partial charge on any atom is 0.306 e. The molecule has 0 saturated carbocycles. The molecule has 2 aromatic heterocycles. The van der Waals surface area contributed by atoms with Crippen LogP contribution in [-0.4, -0.2) is 21.9 Å². The van der Waals surface area contributed by atoms with E-state index in [4.69, 9.17) is 9.15 Å². The van der Waals surface area contributed by atoms with Crippen molar-refractivity contribution < 1.29 is 23.8 Å². The lowest BCUT2D eigenvalue weighted by Gasteiger charge is -2.09. The van der Waals surface area contributed by atoms with Gasteiger partial charge >= 0.3 is 5.91 Å². The molecule has 0 aliphatic heterocycles. The summed E-state index contributed by atoms with van der Waals surface area (Å²) < 4.78 is 11.1. The van der Waals surface area contributed by atoms with Gasteiger partial charge in [-0.15, -0.1) is 0 Å². The molecule has 0 aliphatic rings. The van der Waals surface area contributed by atoms with Gasteiger partial charge in [0.05, 0.1) is 12.0 Å². The molecule has 0 radical (unpaired) electrons. The van der Waals surface area contributed by atoms with Gasteiger partial charge in [-0.2, -0.15) is 0 Å². The first-order chi connectivity index (χ1) is 16.4. The molecular weight excluding hydrogens is 434 g/mol. The molecule has 172 valence electrons. The van der Waals surface area contributed by atoms with Gasteiger partial charge in [0.1, 0.15) is 18.1 Å². The number of furan rings is 1. The number of aromatic nitrogens is 1. The van der Waals surface area contributed by atoms with Crippen molar-refractivity contribution in [2.45, 2.75) is 20.5 Å². The molecular formula is C26H23N3O5. The summed E-state index contributed by atoms with van der Waals surface area (Å²) in [5.74, 6) is -0.260. The van der Waals surface area contributed by atoms with E-state index in [0.717, 1.165) is 17.0 Å². The molecule has 4 aromatic rings. The van der Waals surface area contributed by atoms with E-state index < -0.39 is 11.8 Å². The van der Waals surface area contributed by atoms with Gasteiger partial charge in [0.2, 0.25) is 5.76 Å². The third-order valence-electron chi connectivity index (χ3n) is 5.16. The number of hydrogen-bond donors (Lipinski definition) is 3. The average Bonchev–Trinajstić information content (AvgIpc) is 3.34. The zero-order valence-corrected chi connectivity index (χ0v) is 18.7. The van der Waals surface area contributed by atoms with Gasteiger partial charge in [-0.1, -0.05) is 23.8 Å². The van der Waals surface area contributed by atoms with Crippen molar-refractivity contribution in [3.05, 3.63) is 101 Å². The summed E-state index contributed by atoms with van der Waals surface area (Å²) in [6.45, 7) is 4.00. The lowest BCUT2D eigenvalue weighted by atomic mass is 10.1. The Morgan fingerprint density at radius 1 is 0.971 bits per heavy atom. The van der Waals surface area contributed by atoms with Crippen molar-refractivity contribution in [2.24, 2.45) is 0 Å². The van der Waals surface area contributed by atoms with Crippen molar-refractivity contribution >= 4 is 11.8 Å². The molecule has 34 heavy (non-hydrogen) atoms. The molecule has 8 heteroatoms. The van der Waals surface area contributed by atoms with E-state index in [1.54, 1.807) is 19.2 Å².